The highest BCUT2D eigenvalue weighted by atomic mass is 19.4. The zero-order valence-electron chi connectivity index (χ0n) is 6.47. The van der Waals surface area contributed by atoms with Crippen molar-refractivity contribution in [2.45, 2.75) is 6.18 Å². The Balaban J connectivity index is 3.01. The molecular formula is C7H7F3N3+. The molecule has 0 aliphatic rings. The van der Waals surface area contributed by atoms with Crippen LogP contribution in [-0.2, 0) is 6.18 Å². The van der Waals surface area contributed by atoms with E-state index in [4.69, 9.17) is 11.1 Å². The molecule has 0 radical (unpaired) electrons. The van der Waals surface area contributed by atoms with Crippen LogP contribution in [-0.4, -0.2) is 10.8 Å². The number of hydrogen-bond donors (Lipinski definition) is 2. The Labute approximate surface area is 71.9 Å². The van der Waals surface area contributed by atoms with E-state index >= 15 is 0 Å². The predicted octanol–water partition coefficient (Wildman–Crippen LogP) is -0.435. The minimum Gasteiger partial charge on any atom is -0.286 e. The van der Waals surface area contributed by atoms with E-state index in [0.717, 1.165) is 12.1 Å². The van der Waals surface area contributed by atoms with Crippen molar-refractivity contribution in [1.29, 1.82) is 0 Å². The molecule has 1 aromatic rings. The zero-order valence-corrected chi connectivity index (χ0v) is 6.47. The molecule has 0 atom stereocenters. The first-order chi connectivity index (χ1) is 5.91. The molecule has 6 heteroatoms. The molecule has 0 saturated carbocycles. The molecule has 1 rings (SSSR count). The predicted molar refractivity (Wildman–Crippen MR) is 39.5 cm³/mol. The van der Waals surface area contributed by atoms with Crippen LogP contribution in [0.4, 0.5) is 13.2 Å². The molecule has 70 valence electrons. The lowest BCUT2D eigenvalue weighted by Crippen LogP contribution is -2.46. The van der Waals surface area contributed by atoms with Crippen molar-refractivity contribution in [3.63, 3.8) is 0 Å². The lowest BCUT2D eigenvalue weighted by atomic mass is 10.2. The van der Waals surface area contributed by atoms with E-state index in [1.165, 1.54) is 0 Å². The Morgan fingerprint density at radius 3 is 2.31 bits per heavy atom. The van der Waals surface area contributed by atoms with Crippen LogP contribution in [0.3, 0.4) is 0 Å². The van der Waals surface area contributed by atoms with E-state index < -0.39 is 11.7 Å². The topological polar surface area (TPSA) is 64.5 Å². The van der Waals surface area contributed by atoms with E-state index in [0.29, 0.717) is 6.20 Å². The maximum atomic E-state index is 12.0. The Hall–Kier alpha value is -1.59. The molecule has 0 spiro atoms. The number of amidine groups is 1. The van der Waals surface area contributed by atoms with Gasteiger partial charge in [-0.05, 0) is 12.1 Å². The first-order valence-electron chi connectivity index (χ1n) is 3.33. The molecule has 1 aromatic heterocycles. The quantitative estimate of drug-likeness (QED) is 0.466. The second-order valence-electron chi connectivity index (χ2n) is 2.39. The van der Waals surface area contributed by atoms with Crippen LogP contribution in [0.1, 0.15) is 11.3 Å². The smallest absolute Gasteiger partial charge is 0.286 e. The Morgan fingerprint density at radius 2 is 2.00 bits per heavy atom. The average molecular weight is 190 g/mol. The fourth-order valence-corrected chi connectivity index (χ4v) is 0.732. The van der Waals surface area contributed by atoms with Gasteiger partial charge in [0.05, 0.1) is 5.56 Å². The number of pyridine rings is 1. The van der Waals surface area contributed by atoms with Crippen LogP contribution in [0, 0.1) is 0 Å². The summed E-state index contributed by atoms with van der Waals surface area (Å²) in [7, 11) is 0. The van der Waals surface area contributed by atoms with Gasteiger partial charge in [-0.15, -0.1) is 0 Å². The summed E-state index contributed by atoms with van der Waals surface area (Å²) in [5.41, 5.74) is 4.45. The zero-order chi connectivity index (χ0) is 10.1. The molecule has 0 aliphatic heterocycles. The van der Waals surface area contributed by atoms with Gasteiger partial charge in [-0.3, -0.25) is 11.1 Å². The Kier molecular flexibility index (Phi) is 2.22. The van der Waals surface area contributed by atoms with E-state index in [2.05, 4.69) is 4.98 Å². The lowest BCUT2D eigenvalue weighted by Gasteiger charge is -2.04. The molecule has 0 aliphatic carbocycles. The molecule has 4 N–H and O–H groups in total. The number of hydrogen-bond acceptors (Lipinski definition) is 1. The van der Waals surface area contributed by atoms with Crippen molar-refractivity contribution >= 4 is 5.84 Å². The van der Waals surface area contributed by atoms with Crippen LogP contribution < -0.4 is 11.1 Å². The maximum Gasteiger partial charge on any atom is 0.417 e. The molecule has 0 amide bonds. The third-order valence-electron chi connectivity index (χ3n) is 1.39. The number of rotatable bonds is 1. The summed E-state index contributed by atoms with van der Waals surface area (Å²) in [6.45, 7) is 0. The fraction of sp³-hybridized carbons (Fsp3) is 0.143. The highest BCUT2D eigenvalue weighted by Crippen LogP contribution is 2.28. The molecule has 3 nitrogen and oxygen atoms in total. The van der Waals surface area contributed by atoms with Crippen molar-refractivity contribution in [2.75, 3.05) is 0 Å². The van der Waals surface area contributed by atoms with Gasteiger partial charge in [0.2, 0.25) is 0 Å². The van der Waals surface area contributed by atoms with Gasteiger partial charge >= 0.3 is 6.18 Å². The highest BCUT2D eigenvalue weighted by Gasteiger charge is 2.30. The van der Waals surface area contributed by atoms with E-state index in [1.54, 1.807) is 0 Å². The number of alkyl halides is 3. The monoisotopic (exact) mass is 190 g/mol. The largest absolute Gasteiger partial charge is 0.417 e. The molecule has 0 aromatic carbocycles. The van der Waals surface area contributed by atoms with Gasteiger partial charge in [-0.25, -0.2) is 4.98 Å². The van der Waals surface area contributed by atoms with Crippen molar-refractivity contribution < 1.29 is 18.6 Å². The standard InChI is InChI=1S/C7H6F3N3/c8-7(9,10)4-1-2-5(6(11)12)13-3-4/h1-3H,(H3,11,12)/p+1. The highest BCUT2D eigenvalue weighted by molar-refractivity contribution is 5.90. The minimum absolute atomic E-state index is 0.103. The van der Waals surface area contributed by atoms with Gasteiger partial charge in [-0.1, -0.05) is 0 Å². The molecular weight excluding hydrogens is 183 g/mol. The molecule has 0 fully saturated rings. The van der Waals surface area contributed by atoms with Crippen LogP contribution in [0.2, 0.25) is 0 Å². The van der Waals surface area contributed by atoms with Crippen LogP contribution >= 0.6 is 0 Å². The van der Waals surface area contributed by atoms with Gasteiger partial charge < -0.3 is 0 Å². The van der Waals surface area contributed by atoms with Crippen molar-refractivity contribution in [3.05, 3.63) is 29.6 Å². The van der Waals surface area contributed by atoms with Gasteiger partial charge in [-0.2, -0.15) is 13.2 Å². The van der Waals surface area contributed by atoms with Crippen LogP contribution in [0.5, 0.6) is 0 Å². The molecule has 0 bridgehead atoms. The van der Waals surface area contributed by atoms with Gasteiger partial charge in [0.25, 0.3) is 5.84 Å². The summed E-state index contributed by atoms with van der Waals surface area (Å²) in [5.74, 6) is -0.103. The first kappa shape index (κ1) is 9.50. The average Bonchev–Trinajstić information content (AvgIpc) is 2.03. The summed E-state index contributed by atoms with van der Waals surface area (Å²) in [4.78, 5) is 3.44. The van der Waals surface area contributed by atoms with Gasteiger partial charge in [0.1, 0.15) is 0 Å². The number of nitrogens with two attached hydrogens (primary N) is 2. The lowest BCUT2D eigenvalue weighted by molar-refractivity contribution is -0.138. The fourth-order valence-electron chi connectivity index (χ4n) is 0.732. The summed E-state index contributed by atoms with van der Waals surface area (Å²) < 4.78 is 36.0. The first-order valence-corrected chi connectivity index (χ1v) is 3.33. The SMILES string of the molecule is NC(=[NH2+])c1ccc(C(F)(F)F)cn1. The molecule has 1 heterocycles. The van der Waals surface area contributed by atoms with Crippen molar-refractivity contribution in [3.8, 4) is 0 Å². The Morgan fingerprint density at radius 1 is 1.38 bits per heavy atom. The van der Waals surface area contributed by atoms with E-state index in [1.807, 2.05) is 0 Å². The van der Waals surface area contributed by atoms with Crippen LogP contribution in [0.15, 0.2) is 18.3 Å². The molecule has 13 heavy (non-hydrogen) atoms. The summed E-state index contributed by atoms with van der Waals surface area (Å²) in [5, 5.41) is 5.12. The summed E-state index contributed by atoms with van der Waals surface area (Å²) >= 11 is 0. The number of aromatic nitrogens is 1. The second kappa shape index (κ2) is 3.04. The van der Waals surface area contributed by atoms with Crippen molar-refractivity contribution in [1.82, 2.24) is 4.98 Å². The summed E-state index contributed by atoms with van der Waals surface area (Å²) in [6, 6.07) is 2.00. The molecule has 0 unspecified atom stereocenters. The normalized spacial score (nSPS) is 11.3. The number of nitrogens with zero attached hydrogens (tertiary/aromatic N) is 1. The molecule has 0 saturated heterocycles. The van der Waals surface area contributed by atoms with Gasteiger partial charge in [0.15, 0.2) is 5.69 Å². The van der Waals surface area contributed by atoms with E-state index in [9.17, 15) is 13.2 Å². The summed E-state index contributed by atoms with van der Waals surface area (Å²) in [6.07, 6.45) is -3.69. The van der Waals surface area contributed by atoms with E-state index in [-0.39, 0.29) is 11.5 Å². The van der Waals surface area contributed by atoms with Gasteiger partial charge in [0, 0.05) is 6.20 Å². The van der Waals surface area contributed by atoms with Crippen molar-refractivity contribution in [2.24, 2.45) is 5.73 Å². The minimum atomic E-state index is -4.38. The second-order valence-corrected chi connectivity index (χ2v) is 2.39. The number of halogens is 3. The maximum absolute atomic E-state index is 12.0. The Bertz CT molecular complexity index is 315. The van der Waals surface area contributed by atoms with Crippen LogP contribution in [0.25, 0.3) is 0 Å². The third-order valence-corrected chi connectivity index (χ3v) is 1.39. The third kappa shape index (κ3) is 2.17.